The summed E-state index contributed by atoms with van der Waals surface area (Å²) in [5.74, 6) is -1.96. The largest absolute Gasteiger partial charge is 0.388 e. The molecule has 0 aliphatic carbocycles. The van der Waals surface area contributed by atoms with E-state index in [0.717, 1.165) is 17.5 Å². The minimum absolute atomic E-state index is 0.0204. The number of esters is 2. The smallest absolute Gasteiger partial charge is 0.345 e. The second kappa shape index (κ2) is 9.98. The number of rotatable bonds is 9. The summed E-state index contributed by atoms with van der Waals surface area (Å²) in [6, 6.07) is 15.8. The van der Waals surface area contributed by atoms with Gasteiger partial charge in [-0.2, -0.15) is 0 Å². The number of hydrogen-bond acceptors (Lipinski definition) is 5. The zero-order valence-corrected chi connectivity index (χ0v) is 17.1. The molecule has 0 aliphatic rings. The molecule has 2 aromatic rings. The average molecular weight is 396 g/mol. The van der Waals surface area contributed by atoms with E-state index in [1.807, 2.05) is 51.1 Å². The van der Waals surface area contributed by atoms with Gasteiger partial charge < -0.3 is 10.5 Å². The highest BCUT2D eigenvalue weighted by Gasteiger charge is 2.29. The standard InChI is InChI=1S/C23H28N2O4/c1-4-23(2,3)25-19(14-15-20(24)26)22(28)29-21(27)18-12-10-17(11-13-18)16-8-6-5-7-9-16/h5-13,19,25H,4,14-15H2,1-3H3,(H2,24,26)/t19-/m0/s1. The molecule has 6 nitrogen and oxygen atoms in total. The molecular weight excluding hydrogens is 368 g/mol. The predicted molar refractivity (Wildman–Crippen MR) is 112 cm³/mol. The van der Waals surface area contributed by atoms with Crippen LogP contribution < -0.4 is 11.1 Å². The third kappa shape index (κ3) is 6.84. The van der Waals surface area contributed by atoms with Crippen LogP contribution in [0.4, 0.5) is 0 Å². The number of nitrogens with two attached hydrogens (primary N) is 1. The van der Waals surface area contributed by atoms with Crippen molar-refractivity contribution in [1.29, 1.82) is 0 Å². The number of primary amides is 1. The van der Waals surface area contributed by atoms with Crippen LogP contribution in [0.25, 0.3) is 11.1 Å². The number of benzene rings is 2. The Labute approximate surface area is 171 Å². The second-order valence-corrected chi connectivity index (χ2v) is 7.59. The van der Waals surface area contributed by atoms with Gasteiger partial charge in [0.1, 0.15) is 6.04 Å². The normalized spacial score (nSPS) is 12.2. The Bertz CT molecular complexity index is 845. The Morgan fingerprint density at radius 2 is 1.59 bits per heavy atom. The van der Waals surface area contributed by atoms with E-state index in [9.17, 15) is 14.4 Å². The fourth-order valence-corrected chi connectivity index (χ4v) is 2.76. The highest BCUT2D eigenvalue weighted by Crippen LogP contribution is 2.20. The van der Waals surface area contributed by atoms with Gasteiger partial charge in [-0.15, -0.1) is 0 Å². The molecule has 0 saturated carbocycles. The summed E-state index contributed by atoms with van der Waals surface area (Å²) in [7, 11) is 0. The first kappa shape index (κ1) is 22.3. The molecule has 6 heteroatoms. The lowest BCUT2D eigenvalue weighted by molar-refractivity contribution is -0.141. The van der Waals surface area contributed by atoms with Gasteiger partial charge in [-0.3, -0.25) is 10.1 Å². The minimum Gasteiger partial charge on any atom is -0.388 e. The van der Waals surface area contributed by atoms with Crippen LogP contribution in [0.15, 0.2) is 54.6 Å². The summed E-state index contributed by atoms with van der Waals surface area (Å²) in [5, 5.41) is 3.15. The van der Waals surface area contributed by atoms with Crippen molar-refractivity contribution in [3.8, 4) is 11.1 Å². The van der Waals surface area contributed by atoms with Crippen molar-refractivity contribution in [2.45, 2.75) is 51.6 Å². The molecule has 0 spiro atoms. The molecule has 0 aromatic heterocycles. The fraction of sp³-hybridized carbons (Fsp3) is 0.348. The van der Waals surface area contributed by atoms with Gasteiger partial charge in [-0.1, -0.05) is 49.4 Å². The molecule has 0 heterocycles. The topological polar surface area (TPSA) is 98.5 Å². The zero-order valence-electron chi connectivity index (χ0n) is 17.1. The van der Waals surface area contributed by atoms with Gasteiger partial charge in [0, 0.05) is 12.0 Å². The van der Waals surface area contributed by atoms with Gasteiger partial charge in [0.25, 0.3) is 0 Å². The highest BCUT2D eigenvalue weighted by atomic mass is 16.6. The Kier molecular flexibility index (Phi) is 7.67. The van der Waals surface area contributed by atoms with Crippen molar-refractivity contribution < 1.29 is 19.1 Å². The molecule has 1 atom stereocenters. The second-order valence-electron chi connectivity index (χ2n) is 7.59. The van der Waals surface area contributed by atoms with Crippen molar-refractivity contribution in [2.24, 2.45) is 5.73 Å². The van der Waals surface area contributed by atoms with Crippen LogP contribution in [-0.2, 0) is 14.3 Å². The van der Waals surface area contributed by atoms with Crippen LogP contribution in [0.5, 0.6) is 0 Å². The zero-order chi connectivity index (χ0) is 21.4. The number of carbonyl (C=O) groups excluding carboxylic acids is 3. The first-order valence-electron chi connectivity index (χ1n) is 9.69. The maximum Gasteiger partial charge on any atom is 0.345 e. The number of amides is 1. The molecule has 0 unspecified atom stereocenters. The Balaban J connectivity index is 2.07. The van der Waals surface area contributed by atoms with E-state index in [4.69, 9.17) is 10.5 Å². The van der Waals surface area contributed by atoms with Gasteiger partial charge in [-0.05, 0) is 49.9 Å². The van der Waals surface area contributed by atoms with E-state index in [1.165, 1.54) is 0 Å². The SMILES string of the molecule is CCC(C)(C)N[C@@H](CCC(N)=O)C(=O)OC(=O)c1ccc(-c2ccccc2)cc1. The third-order valence-corrected chi connectivity index (χ3v) is 4.83. The molecule has 2 rings (SSSR count). The van der Waals surface area contributed by atoms with Gasteiger partial charge in [-0.25, -0.2) is 9.59 Å². The first-order valence-corrected chi connectivity index (χ1v) is 9.69. The summed E-state index contributed by atoms with van der Waals surface area (Å²) < 4.78 is 5.07. The van der Waals surface area contributed by atoms with Gasteiger partial charge in [0.05, 0.1) is 5.56 Å². The van der Waals surface area contributed by atoms with Crippen LogP contribution >= 0.6 is 0 Å². The van der Waals surface area contributed by atoms with Crippen LogP contribution in [0, 0.1) is 0 Å². The highest BCUT2D eigenvalue weighted by molar-refractivity contribution is 5.98. The lowest BCUT2D eigenvalue weighted by Crippen LogP contribution is -2.50. The molecule has 0 radical (unpaired) electrons. The molecule has 0 bridgehead atoms. The quantitative estimate of drug-likeness (QED) is 0.500. The van der Waals surface area contributed by atoms with Gasteiger partial charge >= 0.3 is 11.9 Å². The van der Waals surface area contributed by atoms with Crippen LogP contribution in [0.2, 0.25) is 0 Å². The summed E-state index contributed by atoms with van der Waals surface area (Å²) in [4.78, 5) is 36.1. The molecule has 0 aliphatic heterocycles. The average Bonchev–Trinajstić information content (AvgIpc) is 2.71. The number of carbonyl (C=O) groups is 3. The Morgan fingerprint density at radius 1 is 1.00 bits per heavy atom. The van der Waals surface area contributed by atoms with Crippen molar-refractivity contribution in [3.05, 3.63) is 60.2 Å². The summed E-state index contributed by atoms with van der Waals surface area (Å²) >= 11 is 0. The van der Waals surface area contributed by atoms with Crippen molar-refractivity contribution in [1.82, 2.24) is 5.32 Å². The molecule has 2 aromatic carbocycles. The lowest BCUT2D eigenvalue weighted by Gasteiger charge is -2.29. The Hall–Kier alpha value is -2.99. The van der Waals surface area contributed by atoms with Crippen molar-refractivity contribution >= 4 is 17.8 Å². The first-order chi connectivity index (χ1) is 13.7. The number of ether oxygens (including phenoxy) is 1. The Morgan fingerprint density at radius 3 is 2.14 bits per heavy atom. The fourth-order valence-electron chi connectivity index (χ4n) is 2.76. The monoisotopic (exact) mass is 396 g/mol. The van der Waals surface area contributed by atoms with E-state index in [1.54, 1.807) is 24.3 Å². The van der Waals surface area contributed by atoms with Crippen molar-refractivity contribution in [3.63, 3.8) is 0 Å². The van der Waals surface area contributed by atoms with E-state index in [-0.39, 0.29) is 23.9 Å². The van der Waals surface area contributed by atoms with Crippen LogP contribution in [0.1, 0.15) is 50.4 Å². The van der Waals surface area contributed by atoms with E-state index in [2.05, 4.69) is 5.32 Å². The molecule has 0 saturated heterocycles. The molecule has 3 N–H and O–H groups in total. The maximum atomic E-state index is 12.6. The lowest BCUT2D eigenvalue weighted by atomic mass is 9.99. The van der Waals surface area contributed by atoms with Gasteiger partial charge in [0.15, 0.2) is 0 Å². The molecule has 154 valence electrons. The summed E-state index contributed by atoms with van der Waals surface area (Å²) in [5.41, 5.74) is 7.11. The summed E-state index contributed by atoms with van der Waals surface area (Å²) in [6.07, 6.45) is 0.937. The number of nitrogens with one attached hydrogen (secondary N) is 1. The molecule has 0 fully saturated rings. The van der Waals surface area contributed by atoms with E-state index < -0.39 is 23.9 Å². The predicted octanol–water partition coefficient (Wildman–Crippen LogP) is 3.45. The molecule has 29 heavy (non-hydrogen) atoms. The van der Waals surface area contributed by atoms with E-state index >= 15 is 0 Å². The van der Waals surface area contributed by atoms with E-state index in [0.29, 0.717) is 0 Å². The molecule has 1 amide bonds. The van der Waals surface area contributed by atoms with Gasteiger partial charge in [0.2, 0.25) is 5.91 Å². The van der Waals surface area contributed by atoms with Crippen LogP contribution in [0.3, 0.4) is 0 Å². The van der Waals surface area contributed by atoms with Crippen LogP contribution in [-0.4, -0.2) is 29.4 Å². The van der Waals surface area contributed by atoms with Crippen molar-refractivity contribution in [2.75, 3.05) is 0 Å². The third-order valence-electron chi connectivity index (χ3n) is 4.83. The number of hydrogen-bond donors (Lipinski definition) is 2. The molecular formula is C23H28N2O4. The summed E-state index contributed by atoms with van der Waals surface area (Å²) in [6.45, 7) is 5.84. The maximum absolute atomic E-state index is 12.6. The minimum atomic E-state index is -0.801.